The number of benzene rings is 2. The predicted octanol–water partition coefficient (Wildman–Crippen LogP) is 4.78. The van der Waals surface area contributed by atoms with Gasteiger partial charge >= 0.3 is 0 Å². The van der Waals surface area contributed by atoms with Crippen molar-refractivity contribution in [3.8, 4) is 0 Å². The normalized spacial score (nSPS) is 14.3. The van der Waals surface area contributed by atoms with Crippen molar-refractivity contribution in [2.45, 2.75) is 5.88 Å². The first-order valence-corrected chi connectivity index (χ1v) is 7.95. The van der Waals surface area contributed by atoms with Crippen LogP contribution in [0.4, 0.5) is 17.1 Å². The number of hydrogen-bond donors (Lipinski definition) is 0. The Hall–Kier alpha value is -1.19. The highest BCUT2D eigenvalue weighted by Crippen LogP contribution is 2.39. The molecule has 1 heterocycles. The second-order valence-corrected chi connectivity index (χ2v) is 6.15. The van der Waals surface area contributed by atoms with Gasteiger partial charge in [0.05, 0.1) is 11.4 Å². The van der Waals surface area contributed by atoms with Crippen LogP contribution in [0.25, 0.3) is 0 Å². The molecule has 104 valence electrons. The lowest BCUT2D eigenvalue weighted by molar-refractivity contribution is 0.820. The molecule has 0 atom stereocenters. The Morgan fingerprint density at radius 2 is 1.80 bits per heavy atom. The molecule has 0 aliphatic carbocycles. The van der Waals surface area contributed by atoms with E-state index in [4.69, 9.17) is 11.6 Å². The van der Waals surface area contributed by atoms with Crippen LogP contribution in [0.3, 0.4) is 0 Å². The van der Waals surface area contributed by atoms with Crippen LogP contribution in [0.1, 0.15) is 5.56 Å². The number of fused-ring (bicyclic) bond motifs is 1. The van der Waals surface area contributed by atoms with Gasteiger partial charge in [-0.05, 0) is 29.8 Å². The molecule has 1 aliphatic heterocycles. The Kier molecular flexibility index (Phi) is 3.90. The van der Waals surface area contributed by atoms with Crippen LogP contribution in [0.2, 0.25) is 0 Å². The van der Waals surface area contributed by atoms with Crippen molar-refractivity contribution in [2.24, 2.45) is 0 Å². The van der Waals surface area contributed by atoms with Crippen LogP contribution in [-0.2, 0) is 5.88 Å². The largest absolute Gasteiger partial charge is 0.371 e. The average Bonchev–Trinajstić information content (AvgIpc) is 2.48. The Balaban J connectivity index is 2.12. The van der Waals surface area contributed by atoms with Crippen LogP contribution in [0.15, 0.2) is 46.9 Å². The molecule has 4 heteroatoms. The van der Waals surface area contributed by atoms with E-state index >= 15 is 0 Å². The third kappa shape index (κ3) is 2.40. The molecule has 2 aromatic carbocycles. The molecule has 2 aromatic rings. The van der Waals surface area contributed by atoms with Crippen LogP contribution in [0.5, 0.6) is 0 Å². The zero-order valence-corrected chi connectivity index (χ0v) is 13.7. The quantitative estimate of drug-likeness (QED) is 0.719. The number of hydrogen-bond acceptors (Lipinski definition) is 2. The van der Waals surface area contributed by atoms with Crippen LogP contribution in [-0.4, -0.2) is 20.1 Å². The van der Waals surface area contributed by atoms with E-state index in [0.29, 0.717) is 5.88 Å². The Bertz CT molecular complexity index is 630. The van der Waals surface area contributed by atoms with Crippen molar-refractivity contribution in [1.82, 2.24) is 0 Å². The lowest BCUT2D eigenvalue weighted by Gasteiger charge is -2.37. The average molecular weight is 352 g/mol. The fraction of sp³-hybridized carbons (Fsp3) is 0.250. The van der Waals surface area contributed by atoms with Crippen LogP contribution >= 0.6 is 27.5 Å². The van der Waals surface area contributed by atoms with Crippen molar-refractivity contribution < 1.29 is 0 Å². The summed E-state index contributed by atoms with van der Waals surface area (Å²) in [6.45, 7) is 1.97. The summed E-state index contributed by atoms with van der Waals surface area (Å²) in [4.78, 5) is 4.65. The van der Waals surface area contributed by atoms with Crippen molar-refractivity contribution >= 4 is 44.6 Å². The highest BCUT2D eigenvalue weighted by molar-refractivity contribution is 9.10. The zero-order chi connectivity index (χ0) is 14.1. The lowest BCUT2D eigenvalue weighted by atomic mass is 10.1. The molecule has 0 radical (unpaired) electrons. The molecule has 0 unspecified atom stereocenters. The topological polar surface area (TPSA) is 6.48 Å². The molecule has 3 rings (SSSR count). The molecule has 0 aromatic heterocycles. The summed E-state index contributed by atoms with van der Waals surface area (Å²) < 4.78 is 1.08. The van der Waals surface area contributed by atoms with E-state index in [9.17, 15) is 0 Å². The van der Waals surface area contributed by atoms with E-state index < -0.39 is 0 Å². The van der Waals surface area contributed by atoms with Gasteiger partial charge in [-0.1, -0.05) is 34.1 Å². The maximum absolute atomic E-state index is 6.11. The zero-order valence-electron chi connectivity index (χ0n) is 11.3. The summed E-state index contributed by atoms with van der Waals surface area (Å²) in [5.74, 6) is 0.525. The first-order chi connectivity index (χ1) is 9.70. The summed E-state index contributed by atoms with van der Waals surface area (Å²) in [7, 11) is 2.14. The molecule has 0 fully saturated rings. The maximum atomic E-state index is 6.11. The van der Waals surface area contributed by atoms with Gasteiger partial charge in [0, 0.05) is 36.2 Å². The minimum atomic E-state index is 0.525. The second kappa shape index (κ2) is 5.66. The van der Waals surface area contributed by atoms with Crippen LogP contribution < -0.4 is 9.80 Å². The summed E-state index contributed by atoms with van der Waals surface area (Å²) in [5.41, 5.74) is 4.86. The number of alkyl halides is 1. The van der Waals surface area contributed by atoms with Gasteiger partial charge in [0.2, 0.25) is 0 Å². The van der Waals surface area contributed by atoms with Crippen molar-refractivity contribution in [2.75, 3.05) is 29.9 Å². The van der Waals surface area contributed by atoms with E-state index in [2.05, 4.69) is 69.2 Å². The molecule has 0 saturated carbocycles. The Labute approximate surface area is 133 Å². The molecule has 1 aliphatic rings. The molecule has 0 amide bonds. The third-order valence-electron chi connectivity index (χ3n) is 3.72. The van der Waals surface area contributed by atoms with Gasteiger partial charge < -0.3 is 9.80 Å². The first-order valence-electron chi connectivity index (χ1n) is 6.63. The second-order valence-electron chi connectivity index (χ2n) is 4.97. The van der Waals surface area contributed by atoms with Crippen molar-refractivity contribution in [1.29, 1.82) is 0 Å². The number of rotatable bonds is 2. The molecule has 0 saturated heterocycles. The molecular weight excluding hydrogens is 336 g/mol. The number of para-hydroxylation sites is 2. The van der Waals surface area contributed by atoms with E-state index in [1.165, 1.54) is 17.1 Å². The Morgan fingerprint density at radius 1 is 1.05 bits per heavy atom. The molecule has 0 bridgehead atoms. The van der Waals surface area contributed by atoms with Gasteiger partial charge in [-0.3, -0.25) is 0 Å². The van der Waals surface area contributed by atoms with E-state index in [0.717, 1.165) is 23.1 Å². The number of likely N-dealkylation sites (N-methyl/N-ethyl adjacent to an activating group) is 1. The molecule has 0 spiro atoms. The standard InChI is InChI=1S/C16H16BrClN2/c1-19-8-9-20(15-5-3-2-4-14(15)19)16-10-13(17)7-6-12(16)11-18/h2-7,10H,8-9,11H2,1H3. The highest BCUT2D eigenvalue weighted by atomic mass is 79.9. The fourth-order valence-corrected chi connectivity index (χ4v) is 3.23. The SMILES string of the molecule is CN1CCN(c2cc(Br)ccc2CCl)c2ccccc21. The van der Waals surface area contributed by atoms with Crippen molar-refractivity contribution in [3.63, 3.8) is 0 Å². The fourth-order valence-electron chi connectivity index (χ4n) is 2.66. The van der Waals surface area contributed by atoms with E-state index in [-0.39, 0.29) is 0 Å². The van der Waals surface area contributed by atoms with Crippen LogP contribution in [0, 0.1) is 0 Å². The monoisotopic (exact) mass is 350 g/mol. The Morgan fingerprint density at radius 3 is 2.55 bits per heavy atom. The van der Waals surface area contributed by atoms with Gasteiger partial charge in [0.25, 0.3) is 0 Å². The molecule has 20 heavy (non-hydrogen) atoms. The molecular formula is C16H16BrClN2. The third-order valence-corrected chi connectivity index (χ3v) is 4.51. The summed E-state index contributed by atoms with van der Waals surface area (Å²) in [6, 6.07) is 14.8. The minimum Gasteiger partial charge on any atom is -0.371 e. The first kappa shape index (κ1) is 13.8. The summed E-state index contributed by atoms with van der Waals surface area (Å²) in [6.07, 6.45) is 0. The van der Waals surface area contributed by atoms with E-state index in [1.807, 2.05) is 6.07 Å². The van der Waals surface area contributed by atoms with Gasteiger partial charge in [0.15, 0.2) is 0 Å². The summed E-state index contributed by atoms with van der Waals surface area (Å²) in [5, 5.41) is 0. The number of halogens is 2. The maximum Gasteiger partial charge on any atom is 0.0649 e. The molecule has 2 nitrogen and oxygen atoms in total. The van der Waals surface area contributed by atoms with Gasteiger partial charge in [-0.15, -0.1) is 11.6 Å². The smallest absolute Gasteiger partial charge is 0.0649 e. The number of nitrogens with zero attached hydrogens (tertiary/aromatic N) is 2. The number of anilines is 3. The molecule has 0 N–H and O–H groups in total. The summed E-state index contributed by atoms with van der Waals surface area (Å²) >= 11 is 9.67. The predicted molar refractivity (Wildman–Crippen MR) is 90.4 cm³/mol. The van der Waals surface area contributed by atoms with Crippen molar-refractivity contribution in [3.05, 3.63) is 52.5 Å². The van der Waals surface area contributed by atoms with E-state index in [1.54, 1.807) is 0 Å². The lowest BCUT2D eigenvalue weighted by Crippen LogP contribution is -2.36. The minimum absolute atomic E-state index is 0.525. The van der Waals surface area contributed by atoms with Gasteiger partial charge in [-0.2, -0.15) is 0 Å². The van der Waals surface area contributed by atoms with Gasteiger partial charge in [0.1, 0.15) is 0 Å². The van der Waals surface area contributed by atoms with Gasteiger partial charge in [-0.25, -0.2) is 0 Å². The highest BCUT2D eigenvalue weighted by Gasteiger charge is 2.22.